The highest BCUT2D eigenvalue weighted by Crippen LogP contribution is 2.34. The summed E-state index contributed by atoms with van der Waals surface area (Å²) in [4.78, 5) is 98.0. The van der Waals surface area contributed by atoms with Crippen molar-refractivity contribution in [3.05, 3.63) is 143 Å². The van der Waals surface area contributed by atoms with E-state index in [0.717, 1.165) is 64.1 Å². The van der Waals surface area contributed by atoms with Gasteiger partial charge < -0.3 is 65.5 Å². The van der Waals surface area contributed by atoms with Gasteiger partial charge in [0, 0.05) is 88.3 Å². The molecule has 476 valence electrons. The van der Waals surface area contributed by atoms with Gasteiger partial charge in [-0.15, -0.1) is 22.7 Å². The van der Waals surface area contributed by atoms with E-state index >= 15 is 0 Å². The molecule has 25 heteroatoms. The number of nitrogens with zero attached hydrogens (tertiary/aromatic N) is 8. The number of nitrogen functional groups attached to an aromatic ring is 1. The first kappa shape index (κ1) is 66.6. The van der Waals surface area contributed by atoms with Gasteiger partial charge in [0.15, 0.2) is 0 Å². The van der Waals surface area contributed by atoms with Crippen LogP contribution in [0.3, 0.4) is 0 Å². The van der Waals surface area contributed by atoms with E-state index in [2.05, 4.69) is 50.9 Å². The van der Waals surface area contributed by atoms with Crippen molar-refractivity contribution in [1.29, 1.82) is 0 Å². The summed E-state index contributed by atoms with van der Waals surface area (Å²) in [7, 11) is 0. The molecular weight excluding hydrogens is 1190 g/mol. The Morgan fingerprint density at radius 2 is 0.900 bits per heavy atom. The molecular formula is C65H79N13O10S2. The largest absolute Gasteiger partial charge is 0.477 e. The first-order chi connectivity index (χ1) is 42.7. The predicted octanol–water partition coefficient (Wildman–Crippen LogP) is 11.4. The van der Waals surface area contributed by atoms with E-state index in [-0.39, 0.29) is 29.5 Å². The molecule has 90 heavy (non-hydrogen) atoms. The normalized spacial score (nSPS) is 14.4. The Kier molecular flexibility index (Phi) is 22.0. The fourth-order valence-electron chi connectivity index (χ4n) is 9.38. The third kappa shape index (κ3) is 19.6. The van der Waals surface area contributed by atoms with Crippen LogP contribution in [0.2, 0.25) is 0 Å². The number of aromatic nitrogens is 3. The number of amides is 5. The van der Waals surface area contributed by atoms with Gasteiger partial charge in [0.1, 0.15) is 33.9 Å². The molecule has 3 aliphatic rings. The number of hydrogen-bond donors (Lipinski definition) is 6. The van der Waals surface area contributed by atoms with Crippen molar-refractivity contribution in [2.24, 2.45) is 0 Å². The van der Waals surface area contributed by atoms with E-state index in [4.69, 9.17) is 25.1 Å². The number of piperazine rings is 3. The molecule has 0 atom stereocenters. The van der Waals surface area contributed by atoms with Crippen LogP contribution in [0, 0.1) is 0 Å². The Morgan fingerprint density at radius 1 is 0.489 bits per heavy atom. The van der Waals surface area contributed by atoms with Crippen LogP contribution in [-0.4, -0.2) is 161 Å². The average molecular weight is 1270 g/mol. The minimum absolute atomic E-state index is 0.0242. The van der Waals surface area contributed by atoms with Gasteiger partial charge in [0.05, 0.1) is 58.4 Å². The number of carboxylic acids is 1. The smallest absolute Gasteiger partial charge is 0.412 e. The highest BCUT2D eigenvalue weighted by Gasteiger charge is 2.29. The summed E-state index contributed by atoms with van der Waals surface area (Å²) in [6.07, 6.45) is 3.72. The summed E-state index contributed by atoms with van der Waals surface area (Å²) in [6.45, 7) is 25.0. The predicted molar refractivity (Wildman–Crippen MR) is 354 cm³/mol. The van der Waals surface area contributed by atoms with Crippen molar-refractivity contribution in [2.75, 3.05) is 115 Å². The molecule has 3 aliphatic heterocycles. The summed E-state index contributed by atoms with van der Waals surface area (Å²) >= 11 is 3.22. The van der Waals surface area contributed by atoms with Gasteiger partial charge >= 0.3 is 24.2 Å². The Balaban J connectivity index is 0.000000185. The van der Waals surface area contributed by atoms with Crippen LogP contribution in [0.25, 0.3) is 20.9 Å². The number of carbonyl (C=O) groups is 6. The van der Waals surface area contributed by atoms with E-state index in [9.17, 15) is 28.8 Å². The summed E-state index contributed by atoms with van der Waals surface area (Å²) in [6, 6.07) is 29.5. The maximum Gasteiger partial charge on any atom is 0.412 e. The third-order valence-corrected chi connectivity index (χ3v) is 15.7. The molecule has 0 spiro atoms. The van der Waals surface area contributed by atoms with Gasteiger partial charge in [-0.3, -0.25) is 14.9 Å². The minimum atomic E-state index is -1.04. The van der Waals surface area contributed by atoms with Gasteiger partial charge in [0.2, 0.25) is 0 Å². The number of benzene rings is 2. The molecule has 0 saturated carbocycles. The Labute approximate surface area is 532 Å². The number of rotatable bonds is 11. The number of carboxylic acid groups (broad SMARTS) is 1. The van der Waals surface area contributed by atoms with Crippen LogP contribution in [0.15, 0.2) is 126 Å². The lowest BCUT2D eigenvalue weighted by atomic mass is 10.1. The van der Waals surface area contributed by atoms with Gasteiger partial charge in [-0.25, -0.2) is 34.1 Å². The zero-order chi connectivity index (χ0) is 64.8. The summed E-state index contributed by atoms with van der Waals surface area (Å²) in [5.74, 6) is -1.72. The number of thiophene rings is 2. The lowest BCUT2D eigenvalue weighted by Crippen LogP contribution is -2.50. The molecule has 23 nitrogen and oxygen atoms in total. The first-order valence-corrected chi connectivity index (χ1v) is 31.3. The molecule has 0 radical (unpaired) electrons. The van der Waals surface area contributed by atoms with Gasteiger partial charge in [-0.2, -0.15) is 0 Å². The first-order valence-electron chi connectivity index (χ1n) is 29.5. The Morgan fingerprint density at radius 3 is 1.30 bits per heavy atom. The fraction of sp³-hybridized carbons (Fsp3) is 0.369. The average Bonchev–Trinajstić information content (AvgIpc) is 2.40. The standard InChI is InChI=1S/C30H37N5O5S.C20H21N5OS.C15H21N3O4/c1-29(2,3)39-27(37)33-22-11-9-20(25-8-7-17-41-25)18-24(22)32-26(36)23-12-10-21(19-31-23)34-13-15-35(16-14-34)28(38)40-30(4,5)6;21-16-5-3-14(19-2-1-11-27-19)12-18(16)24-20(26)17-6-4-15(13-23-17)25-9-7-22-8-10-25;1-15(2,3)22-14(21)18-8-6-17(7-9-18)11-4-5-12(13(19)20)16-10-11/h7-12,17-19H,13-16H2,1-6H3,(H,32,36)(H,33,37);1-6,11-13,22H,7-10,21H2,(H,24,26);4-5,10H,6-9H2,1-3H3,(H,19,20). The zero-order valence-corrected chi connectivity index (χ0v) is 53.8. The van der Waals surface area contributed by atoms with Crippen molar-refractivity contribution < 1.29 is 48.1 Å². The maximum atomic E-state index is 13.2. The van der Waals surface area contributed by atoms with Crippen LogP contribution in [0.5, 0.6) is 0 Å². The third-order valence-electron chi connectivity index (χ3n) is 13.8. The van der Waals surface area contributed by atoms with Crippen molar-refractivity contribution in [3.8, 4) is 20.9 Å². The number of hydrogen-bond acceptors (Lipinski definition) is 19. The highest BCUT2D eigenvalue weighted by atomic mass is 32.1. The Bertz CT molecular complexity index is 3550. The molecule has 0 aliphatic carbocycles. The zero-order valence-electron chi connectivity index (χ0n) is 52.2. The SMILES string of the molecule is CC(C)(C)OC(=O)N1CCN(c2ccc(C(=O)O)nc2)CC1.CC(C)(C)OC(=O)Nc1ccc(-c2cccs2)cc1NC(=O)c1ccc(N2CCN(C(=O)OC(C)(C)C)CC2)cn1.Nc1ccc(-c2cccs2)cc1NC(=O)c1ccc(N2CCNCC2)cn1. The van der Waals surface area contributed by atoms with Crippen molar-refractivity contribution >= 4 is 98.5 Å². The van der Waals surface area contributed by atoms with Crippen LogP contribution >= 0.6 is 22.7 Å². The van der Waals surface area contributed by atoms with Crippen LogP contribution < -0.4 is 41.7 Å². The molecule has 3 fully saturated rings. The molecule has 5 aromatic heterocycles. The number of nitrogens with two attached hydrogens (primary N) is 1. The van der Waals surface area contributed by atoms with Gasteiger partial charge in [-0.05, 0) is 157 Å². The quantitative estimate of drug-likeness (QED) is 0.0518. The lowest BCUT2D eigenvalue weighted by molar-refractivity contribution is 0.0230. The van der Waals surface area contributed by atoms with E-state index in [1.807, 2.05) is 119 Å². The second kappa shape index (κ2) is 29.8. The number of ether oxygens (including phenoxy) is 3. The molecule has 8 heterocycles. The molecule has 7 aromatic rings. The summed E-state index contributed by atoms with van der Waals surface area (Å²) in [5.41, 5.74) is 11.6. The number of aromatic carboxylic acids is 1. The minimum Gasteiger partial charge on any atom is -0.477 e. The molecule has 2 aromatic carbocycles. The number of pyridine rings is 3. The molecule has 5 amide bonds. The summed E-state index contributed by atoms with van der Waals surface area (Å²) in [5, 5.41) is 24.7. The summed E-state index contributed by atoms with van der Waals surface area (Å²) < 4.78 is 16.2. The van der Waals surface area contributed by atoms with E-state index in [0.29, 0.717) is 80.8 Å². The molecule has 0 unspecified atom stereocenters. The number of nitrogens with one attached hydrogen (secondary N) is 4. The van der Waals surface area contributed by atoms with Gasteiger partial charge in [0.25, 0.3) is 11.8 Å². The topological polar surface area (TPSA) is 279 Å². The van der Waals surface area contributed by atoms with Crippen LogP contribution in [0.4, 0.5) is 54.2 Å². The van der Waals surface area contributed by atoms with Crippen LogP contribution in [0.1, 0.15) is 93.8 Å². The van der Waals surface area contributed by atoms with Crippen molar-refractivity contribution in [1.82, 2.24) is 30.1 Å². The van der Waals surface area contributed by atoms with Gasteiger partial charge in [-0.1, -0.05) is 24.3 Å². The maximum absolute atomic E-state index is 13.2. The molecule has 3 saturated heterocycles. The Hall–Kier alpha value is -9.33. The van der Waals surface area contributed by atoms with Crippen molar-refractivity contribution in [3.63, 3.8) is 0 Å². The van der Waals surface area contributed by atoms with Crippen LogP contribution in [-0.2, 0) is 14.2 Å². The number of carbonyl (C=O) groups excluding carboxylic acids is 5. The fourth-order valence-corrected chi connectivity index (χ4v) is 10.8. The van der Waals surface area contributed by atoms with E-state index < -0.39 is 34.8 Å². The lowest BCUT2D eigenvalue weighted by Gasteiger charge is -2.36. The van der Waals surface area contributed by atoms with E-state index in [1.54, 1.807) is 96.1 Å². The molecule has 0 bridgehead atoms. The molecule has 7 N–H and O–H groups in total. The van der Waals surface area contributed by atoms with Crippen molar-refractivity contribution in [2.45, 2.75) is 79.1 Å². The second-order valence-corrected chi connectivity index (χ2v) is 26.1. The second-order valence-electron chi connectivity index (χ2n) is 24.2. The monoisotopic (exact) mass is 1270 g/mol. The number of anilines is 7. The highest BCUT2D eigenvalue weighted by molar-refractivity contribution is 7.13. The van der Waals surface area contributed by atoms with E-state index in [1.165, 1.54) is 6.07 Å². The molecule has 10 rings (SSSR count).